The molecule has 0 aliphatic rings. The number of carbonyl (C=O) groups is 1. The summed E-state index contributed by atoms with van der Waals surface area (Å²) < 4.78 is 0. The van der Waals surface area contributed by atoms with Crippen molar-refractivity contribution in [3.05, 3.63) is 47.3 Å². The quantitative estimate of drug-likeness (QED) is 0.860. The first-order valence-corrected chi connectivity index (χ1v) is 6.18. The molecular formula is C13H12N2O2S. The molecule has 0 spiro atoms. The van der Waals surface area contributed by atoms with Crippen LogP contribution in [-0.2, 0) is 0 Å². The monoisotopic (exact) mass is 260 g/mol. The van der Waals surface area contributed by atoms with Gasteiger partial charge in [-0.05, 0) is 54.9 Å². The van der Waals surface area contributed by atoms with Gasteiger partial charge in [-0.25, -0.2) is 14.8 Å². The Labute approximate surface area is 109 Å². The van der Waals surface area contributed by atoms with Crippen LogP contribution in [0.25, 0.3) is 0 Å². The predicted molar refractivity (Wildman–Crippen MR) is 69.0 cm³/mol. The molecule has 0 unspecified atom stereocenters. The van der Waals surface area contributed by atoms with Crippen LogP contribution >= 0.6 is 11.8 Å². The van der Waals surface area contributed by atoms with Gasteiger partial charge in [-0.1, -0.05) is 0 Å². The van der Waals surface area contributed by atoms with Crippen molar-refractivity contribution in [3.8, 4) is 0 Å². The second-order valence-electron chi connectivity index (χ2n) is 3.93. The maximum atomic E-state index is 10.8. The lowest BCUT2D eigenvalue weighted by Crippen LogP contribution is -1.97. The summed E-state index contributed by atoms with van der Waals surface area (Å²) in [6.07, 6.45) is 3.52. The minimum absolute atomic E-state index is 0.293. The molecule has 0 radical (unpaired) electrons. The summed E-state index contributed by atoms with van der Waals surface area (Å²) >= 11 is 1.43. The number of hydrogen-bond donors (Lipinski definition) is 1. The summed E-state index contributed by atoms with van der Waals surface area (Å²) in [6, 6.07) is 5.03. The van der Waals surface area contributed by atoms with E-state index in [4.69, 9.17) is 5.11 Å². The van der Waals surface area contributed by atoms with Gasteiger partial charge in [0.2, 0.25) is 0 Å². The number of benzene rings is 1. The standard InChI is InChI=1S/C13H12N2O2S/c1-8-6-14-13(15-7-8)18-11-4-3-10(12(16)17)5-9(11)2/h3-7H,1-2H3,(H,16,17). The molecule has 5 heteroatoms. The molecule has 0 aliphatic carbocycles. The van der Waals surface area contributed by atoms with Gasteiger partial charge < -0.3 is 5.11 Å². The molecule has 1 aromatic heterocycles. The lowest BCUT2D eigenvalue weighted by atomic mass is 10.1. The first kappa shape index (κ1) is 12.6. The van der Waals surface area contributed by atoms with Crippen molar-refractivity contribution in [1.29, 1.82) is 0 Å². The molecule has 0 saturated heterocycles. The van der Waals surface area contributed by atoms with E-state index < -0.39 is 5.97 Å². The molecule has 18 heavy (non-hydrogen) atoms. The van der Waals surface area contributed by atoms with Crippen LogP contribution in [0.1, 0.15) is 21.5 Å². The molecule has 92 valence electrons. The smallest absolute Gasteiger partial charge is 0.335 e. The summed E-state index contributed by atoms with van der Waals surface area (Å²) in [4.78, 5) is 20.2. The number of aromatic nitrogens is 2. The number of rotatable bonds is 3. The second-order valence-corrected chi connectivity index (χ2v) is 4.94. The fraction of sp³-hybridized carbons (Fsp3) is 0.154. The summed E-state index contributed by atoms with van der Waals surface area (Å²) in [5.74, 6) is -0.916. The van der Waals surface area contributed by atoms with Gasteiger partial charge in [-0.2, -0.15) is 0 Å². The summed E-state index contributed by atoms with van der Waals surface area (Å²) in [5, 5.41) is 9.55. The van der Waals surface area contributed by atoms with Crippen LogP contribution in [0.2, 0.25) is 0 Å². The van der Waals surface area contributed by atoms with Crippen LogP contribution in [0.5, 0.6) is 0 Å². The molecule has 1 aromatic carbocycles. The van der Waals surface area contributed by atoms with E-state index in [1.54, 1.807) is 30.6 Å². The third-order valence-electron chi connectivity index (χ3n) is 2.38. The normalized spacial score (nSPS) is 10.3. The van der Waals surface area contributed by atoms with E-state index >= 15 is 0 Å². The maximum absolute atomic E-state index is 10.8. The van der Waals surface area contributed by atoms with Crippen molar-refractivity contribution in [2.24, 2.45) is 0 Å². The van der Waals surface area contributed by atoms with Crippen molar-refractivity contribution in [3.63, 3.8) is 0 Å². The summed E-state index contributed by atoms with van der Waals surface area (Å²) in [7, 11) is 0. The van der Waals surface area contributed by atoms with Crippen LogP contribution in [0.15, 0.2) is 40.6 Å². The molecule has 1 N–H and O–H groups in total. The van der Waals surface area contributed by atoms with Gasteiger partial charge in [0, 0.05) is 17.3 Å². The van der Waals surface area contributed by atoms with Gasteiger partial charge >= 0.3 is 5.97 Å². The van der Waals surface area contributed by atoms with Crippen molar-refractivity contribution in [2.45, 2.75) is 23.9 Å². The Bertz CT molecular complexity index is 582. The van der Waals surface area contributed by atoms with E-state index in [-0.39, 0.29) is 0 Å². The van der Waals surface area contributed by atoms with Crippen molar-refractivity contribution in [1.82, 2.24) is 9.97 Å². The molecule has 0 atom stereocenters. The van der Waals surface area contributed by atoms with Gasteiger partial charge in [-0.15, -0.1) is 0 Å². The summed E-state index contributed by atoms with van der Waals surface area (Å²) in [5.41, 5.74) is 2.21. The number of aryl methyl sites for hydroxylation is 2. The Hall–Kier alpha value is -1.88. The Balaban J connectivity index is 2.24. The van der Waals surface area contributed by atoms with E-state index in [2.05, 4.69) is 9.97 Å². The number of aromatic carboxylic acids is 1. The minimum atomic E-state index is -0.916. The molecule has 4 nitrogen and oxygen atoms in total. The van der Waals surface area contributed by atoms with Gasteiger partial charge in [0.25, 0.3) is 0 Å². The molecule has 1 heterocycles. The van der Waals surface area contributed by atoms with Crippen molar-refractivity contribution < 1.29 is 9.90 Å². The SMILES string of the molecule is Cc1cnc(Sc2ccc(C(=O)O)cc2C)nc1. The van der Waals surface area contributed by atoms with Crippen LogP contribution in [0.4, 0.5) is 0 Å². The van der Waals surface area contributed by atoms with E-state index in [9.17, 15) is 4.79 Å². The van der Waals surface area contributed by atoms with Crippen LogP contribution in [0.3, 0.4) is 0 Å². The minimum Gasteiger partial charge on any atom is -0.478 e. The van der Waals surface area contributed by atoms with Crippen LogP contribution in [-0.4, -0.2) is 21.0 Å². The number of carboxylic acid groups (broad SMARTS) is 1. The van der Waals surface area contributed by atoms with Crippen LogP contribution < -0.4 is 0 Å². The molecule has 2 rings (SSSR count). The Kier molecular flexibility index (Phi) is 3.62. The zero-order chi connectivity index (χ0) is 13.1. The average molecular weight is 260 g/mol. The zero-order valence-electron chi connectivity index (χ0n) is 10.0. The van der Waals surface area contributed by atoms with Gasteiger partial charge in [0.05, 0.1) is 5.56 Å². The predicted octanol–water partition coefficient (Wildman–Crippen LogP) is 2.94. The Morgan fingerprint density at radius 3 is 2.44 bits per heavy atom. The molecule has 0 bridgehead atoms. The first-order chi connectivity index (χ1) is 8.56. The third-order valence-corrected chi connectivity index (χ3v) is 3.45. The molecule has 0 amide bonds. The van der Waals surface area contributed by atoms with Gasteiger partial charge in [0.1, 0.15) is 0 Å². The Morgan fingerprint density at radius 2 is 1.89 bits per heavy atom. The maximum Gasteiger partial charge on any atom is 0.335 e. The largest absolute Gasteiger partial charge is 0.478 e. The molecule has 0 saturated carbocycles. The van der Waals surface area contributed by atoms with E-state index in [0.29, 0.717) is 10.7 Å². The summed E-state index contributed by atoms with van der Waals surface area (Å²) in [6.45, 7) is 3.81. The number of nitrogens with zero attached hydrogens (tertiary/aromatic N) is 2. The molecule has 0 aliphatic heterocycles. The first-order valence-electron chi connectivity index (χ1n) is 5.36. The van der Waals surface area contributed by atoms with Crippen molar-refractivity contribution in [2.75, 3.05) is 0 Å². The highest BCUT2D eigenvalue weighted by Gasteiger charge is 2.07. The number of carboxylic acids is 1. The highest BCUT2D eigenvalue weighted by Crippen LogP contribution is 2.28. The third kappa shape index (κ3) is 2.87. The second kappa shape index (κ2) is 5.18. The fourth-order valence-corrected chi connectivity index (χ4v) is 2.19. The topological polar surface area (TPSA) is 63.1 Å². The van der Waals surface area contributed by atoms with Gasteiger partial charge in [-0.3, -0.25) is 0 Å². The zero-order valence-corrected chi connectivity index (χ0v) is 10.9. The van der Waals surface area contributed by atoms with Gasteiger partial charge in [0.15, 0.2) is 5.16 Å². The Morgan fingerprint density at radius 1 is 1.22 bits per heavy atom. The van der Waals surface area contributed by atoms with Crippen LogP contribution in [0, 0.1) is 13.8 Å². The van der Waals surface area contributed by atoms with Crippen molar-refractivity contribution >= 4 is 17.7 Å². The van der Waals surface area contributed by atoms with E-state index in [1.165, 1.54) is 11.8 Å². The number of hydrogen-bond acceptors (Lipinski definition) is 4. The lowest BCUT2D eigenvalue weighted by Gasteiger charge is -2.05. The molecule has 2 aromatic rings. The van der Waals surface area contributed by atoms with E-state index in [0.717, 1.165) is 16.0 Å². The highest BCUT2D eigenvalue weighted by molar-refractivity contribution is 7.99. The lowest BCUT2D eigenvalue weighted by molar-refractivity contribution is 0.0696. The highest BCUT2D eigenvalue weighted by atomic mass is 32.2. The average Bonchev–Trinajstić information content (AvgIpc) is 2.34. The fourth-order valence-electron chi connectivity index (χ4n) is 1.43. The van der Waals surface area contributed by atoms with E-state index in [1.807, 2.05) is 13.8 Å². The molecular weight excluding hydrogens is 248 g/mol. The molecule has 0 fully saturated rings.